The van der Waals surface area contributed by atoms with Crippen molar-refractivity contribution in [2.45, 2.75) is 59.0 Å². The largest absolute Gasteiger partial charge is 0.381 e. The first-order valence-corrected chi connectivity index (χ1v) is 7.10. The number of hydrogen-bond donors (Lipinski definition) is 1. The highest BCUT2D eigenvalue weighted by atomic mass is 16.5. The van der Waals surface area contributed by atoms with E-state index < -0.39 is 0 Å². The Balaban J connectivity index is 2.42. The summed E-state index contributed by atoms with van der Waals surface area (Å²) < 4.78 is 7.53. The topological polar surface area (TPSA) is 53.1 Å². The van der Waals surface area contributed by atoms with Gasteiger partial charge in [-0.3, -0.25) is 4.68 Å². The molecule has 2 N–H and O–H groups in total. The van der Waals surface area contributed by atoms with Gasteiger partial charge in [0.15, 0.2) is 0 Å². The lowest BCUT2D eigenvalue weighted by molar-refractivity contribution is 0.127. The highest BCUT2D eigenvalue weighted by molar-refractivity contribution is 5.11. The van der Waals surface area contributed by atoms with E-state index in [0.29, 0.717) is 0 Å². The molecule has 18 heavy (non-hydrogen) atoms. The average Bonchev–Trinajstić information content (AvgIpc) is 2.77. The molecule has 0 radical (unpaired) electrons. The van der Waals surface area contributed by atoms with Crippen molar-refractivity contribution in [1.29, 1.82) is 0 Å². The number of nitrogens with two attached hydrogens (primary N) is 1. The van der Waals surface area contributed by atoms with Crippen molar-refractivity contribution in [3.8, 4) is 0 Å². The molecule has 0 saturated carbocycles. The van der Waals surface area contributed by atoms with E-state index >= 15 is 0 Å². The summed E-state index contributed by atoms with van der Waals surface area (Å²) in [6.07, 6.45) is 3.85. The predicted molar refractivity (Wildman–Crippen MR) is 74.7 cm³/mol. The Morgan fingerprint density at radius 3 is 2.72 bits per heavy atom. The predicted octanol–water partition coefficient (Wildman–Crippen LogP) is 2.15. The van der Waals surface area contributed by atoms with Gasteiger partial charge in [0, 0.05) is 37.9 Å². The number of nitrogens with zero attached hydrogens (tertiary/aromatic N) is 2. The lowest BCUT2D eigenvalue weighted by Crippen LogP contribution is -2.26. The van der Waals surface area contributed by atoms with Crippen LogP contribution in [0.5, 0.6) is 0 Å². The molecular weight excluding hydrogens is 226 g/mol. The molecule has 1 heterocycles. The van der Waals surface area contributed by atoms with Crippen LogP contribution in [0.4, 0.5) is 0 Å². The van der Waals surface area contributed by atoms with E-state index in [1.54, 1.807) is 0 Å². The third-order valence-electron chi connectivity index (χ3n) is 3.03. The highest BCUT2D eigenvalue weighted by Gasteiger charge is 2.10. The zero-order valence-electron chi connectivity index (χ0n) is 12.0. The first kappa shape index (κ1) is 15.2. The Hall–Kier alpha value is -0.870. The maximum Gasteiger partial charge on any atom is 0.0624 e. The summed E-state index contributed by atoms with van der Waals surface area (Å²) >= 11 is 0. The Kier molecular flexibility index (Phi) is 6.98. The van der Waals surface area contributed by atoms with Gasteiger partial charge in [-0.2, -0.15) is 5.10 Å². The number of hydrogen-bond acceptors (Lipinski definition) is 3. The van der Waals surface area contributed by atoms with Crippen LogP contribution in [0.15, 0.2) is 6.07 Å². The molecule has 0 fully saturated rings. The van der Waals surface area contributed by atoms with Crippen LogP contribution in [0.1, 0.15) is 45.0 Å². The molecule has 0 saturated heterocycles. The summed E-state index contributed by atoms with van der Waals surface area (Å²) in [7, 11) is 0. The van der Waals surface area contributed by atoms with Crippen molar-refractivity contribution in [1.82, 2.24) is 9.78 Å². The monoisotopic (exact) mass is 253 g/mol. The minimum Gasteiger partial charge on any atom is -0.381 e. The number of aromatic nitrogens is 2. The molecule has 0 bridgehead atoms. The van der Waals surface area contributed by atoms with Crippen LogP contribution < -0.4 is 5.73 Å². The molecule has 0 aliphatic heterocycles. The van der Waals surface area contributed by atoms with E-state index in [9.17, 15) is 0 Å². The van der Waals surface area contributed by atoms with Crippen molar-refractivity contribution >= 4 is 0 Å². The molecule has 1 aromatic heterocycles. The summed E-state index contributed by atoms with van der Waals surface area (Å²) in [5.74, 6) is 0. The van der Waals surface area contributed by atoms with Gasteiger partial charge in [0.25, 0.3) is 0 Å². The van der Waals surface area contributed by atoms with E-state index in [0.717, 1.165) is 51.1 Å². The molecule has 1 atom stereocenters. The van der Waals surface area contributed by atoms with Gasteiger partial charge in [-0.15, -0.1) is 0 Å². The second-order valence-electron chi connectivity index (χ2n) is 4.66. The molecule has 1 aromatic rings. The zero-order valence-corrected chi connectivity index (χ0v) is 12.0. The molecule has 0 aliphatic rings. The van der Waals surface area contributed by atoms with Crippen molar-refractivity contribution < 1.29 is 4.74 Å². The summed E-state index contributed by atoms with van der Waals surface area (Å²) in [5.41, 5.74) is 8.54. The van der Waals surface area contributed by atoms with Crippen LogP contribution in [-0.4, -0.2) is 29.0 Å². The zero-order chi connectivity index (χ0) is 13.4. The molecule has 4 heteroatoms. The van der Waals surface area contributed by atoms with Gasteiger partial charge >= 0.3 is 0 Å². The molecular formula is C14H27N3O. The maximum atomic E-state index is 6.14. The van der Waals surface area contributed by atoms with Crippen molar-refractivity contribution in [3.63, 3.8) is 0 Å². The van der Waals surface area contributed by atoms with Gasteiger partial charge in [-0.05, 0) is 32.3 Å². The lowest BCUT2D eigenvalue weighted by atomic mass is 10.1. The van der Waals surface area contributed by atoms with Crippen LogP contribution in [0.25, 0.3) is 0 Å². The fourth-order valence-electron chi connectivity index (χ4n) is 1.98. The van der Waals surface area contributed by atoms with Crippen LogP contribution in [0, 0.1) is 0 Å². The van der Waals surface area contributed by atoms with E-state index in [1.165, 1.54) is 5.69 Å². The SMILES string of the molecule is CCCOCCC(N)Cc1cc(CC)nn1CC. The van der Waals surface area contributed by atoms with E-state index in [-0.39, 0.29) is 6.04 Å². The fourth-order valence-corrected chi connectivity index (χ4v) is 1.98. The van der Waals surface area contributed by atoms with Crippen molar-refractivity contribution in [3.05, 3.63) is 17.5 Å². The number of rotatable bonds is 9. The Morgan fingerprint density at radius 1 is 1.33 bits per heavy atom. The first-order valence-electron chi connectivity index (χ1n) is 7.10. The van der Waals surface area contributed by atoms with Gasteiger partial charge in [-0.1, -0.05) is 13.8 Å². The Labute approximate surface area is 111 Å². The average molecular weight is 253 g/mol. The second kappa shape index (κ2) is 8.27. The van der Waals surface area contributed by atoms with E-state index in [1.807, 2.05) is 0 Å². The molecule has 0 aliphatic carbocycles. The quantitative estimate of drug-likeness (QED) is 0.686. The Bertz CT molecular complexity index is 336. The van der Waals surface area contributed by atoms with Gasteiger partial charge in [0.1, 0.15) is 0 Å². The van der Waals surface area contributed by atoms with Gasteiger partial charge in [-0.25, -0.2) is 0 Å². The fraction of sp³-hybridized carbons (Fsp3) is 0.786. The van der Waals surface area contributed by atoms with E-state index in [2.05, 4.69) is 36.6 Å². The number of aryl methyl sites for hydroxylation is 2. The summed E-state index contributed by atoms with van der Waals surface area (Å²) in [5, 5.41) is 4.54. The van der Waals surface area contributed by atoms with E-state index in [4.69, 9.17) is 10.5 Å². The molecule has 1 unspecified atom stereocenters. The third kappa shape index (κ3) is 4.78. The molecule has 0 spiro atoms. The minimum atomic E-state index is 0.161. The molecule has 0 aromatic carbocycles. The van der Waals surface area contributed by atoms with Crippen LogP contribution >= 0.6 is 0 Å². The summed E-state index contributed by atoms with van der Waals surface area (Å²) in [6, 6.07) is 2.34. The number of ether oxygens (including phenoxy) is 1. The highest BCUT2D eigenvalue weighted by Crippen LogP contribution is 2.09. The molecule has 0 amide bonds. The standard InChI is InChI=1S/C14H27N3O/c1-4-8-18-9-7-12(15)10-14-11-13(5-2)16-17(14)6-3/h11-12H,4-10,15H2,1-3H3. The van der Waals surface area contributed by atoms with Crippen LogP contribution in [0.2, 0.25) is 0 Å². The van der Waals surface area contributed by atoms with Gasteiger partial charge in [0.05, 0.1) is 5.69 Å². The minimum absolute atomic E-state index is 0.161. The van der Waals surface area contributed by atoms with Crippen molar-refractivity contribution in [2.24, 2.45) is 5.73 Å². The van der Waals surface area contributed by atoms with Crippen LogP contribution in [-0.2, 0) is 24.1 Å². The lowest BCUT2D eigenvalue weighted by Gasteiger charge is -2.12. The first-order chi connectivity index (χ1) is 8.71. The normalized spacial score (nSPS) is 12.9. The second-order valence-corrected chi connectivity index (χ2v) is 4.66. The third-order valence-corrected chi connectivity index (χ3v) is 3.03. The van der Waals surface area contributed by atoms with Gasteiger partial charge in [0.2, 0.25) is 0 Å². The Morgan fingerprint density at radius 2 is 2.11 bits per heavy atom. The van der Waals surface area contributed by atoms with Crippen LogP contribution in [0.3, 0.4) is 0 Å². The molecule has 4 nitrogen and oxygen atoms in total. The van der Waals surface area contributed by atoms with Gasteiger partial charge < -0.3 is 10.5 Å². The summed E-state index contributed by atoms with van der Waals surface area (Å²) in [6.45, 7) is 8.87. The molecule has 104 valence electrons. The van der Waals surface area contributed by atoms with Crippen molar-refractivity contribution in [2.75, 3.05) is 13.2 Å². The summed E-state index contributed by atoms with van der Waals surface area (Å²) in [4.78, 5) is 0. The molecule has 1 rings (SSSR count). The smallest absolute Gasteiger partial charge is 0.0624 e. The maximum absolute atomic E-state index is 6.14.